The van der Waals surface area contributed by atoms with E-state index in [0.29, 0.717) is 21.9 Å². The molecule has 4 rings (SSSR count). The van der Waals surface area contributed by atoms with Crippen LogP contribution in [0.25, 0.3) is 32.7 Å². The lowest BCUT2D eigenvalue weighted by Crippen LogP contribution is -2.12. The Morgan fingerprint density at radius 3 is 1.66 bits per heavy atom. The average Bonchev–Trinajstić information content (AvgIpc) is 2.70. The van der Waals surface area contributed by atoms with E-state index in [1.165, 1.54) is 0 Å². The Morgan fingerprint density at radius 1 is 0.750 bits per heavy atom. The molecule has 0 aliphatic rings. The van der Waals surface area contributed by atoms with E-state index in [0.717, 1.165) is 10.8 Å². The van der Waals surface area contributed by atoms with Crippen LogP contribution in [0.4, 0.5) is 0 Å². The van der Waals surface area contributed by atoms with Gasteiger partial charge < -0.3 is 0 Å². The molecule has 0 amide bonds. The first-order chi connectivity index (χ1) is 15.1. The van der Waals surface area contributed by atoms with Gasteiger partial charge in [-0.25, -0.2) is 0 Å². The van der Waals surface area contributed by atoms with Crippen LogP contribution in [0.5, 0.6) is 0 Å². The Kier molecular flexibility index (Phi) is 5.58. The van der Waals surface area contributed by atoms with Crippen LogP contribution in [0.1, 0.15) is 18.1 Å². The van der Waals surface area contributed by atoms with Crippen molar-refractivity contribution in [2.24, 2.45) is 0 Å². The van der Waals surface area contributed by atoms with Gasteiger partial charge in [-0.15, -0.1) is 0 Å². The van der Waals surface area contributed by atoms with E-state index in [9.17, 15) is 21.4 Å². The Labute approximate surface area is 187 Å². The second kappa shape index (κ2) is 7.97. The van der Waals surface area contributed by atoms with Crippen LogP contribution in [0.15, 0.2) is 70.5 Å². The third-order valence-corrected chi connectivity index (χ3v) is 8.02. The summed E-state index contributed by atoms with van der Waals surface area (Å²) in [4.78, 5) is -0.432. The van der Waals surface area contributed by atoms with E-state index in [1.54, 1.807) is 57.2 Å². The minimum atomic E-state index is -4.70. The fraction of sp³-hybridized carbons (Fsp3) is 0.167. The fourth-order valence-corrected chi connectivity index (χ4v) is 6.58. The van der Waals surface area contributed by atoms with Gasteiger partial charge in [-0.3, -0.25) is 8.74 Å². The van der Waals surface area contributed by atoms with Crippen molar-refractivity contribution in [3.63, 3.8) is 0 Å². The van der Waals surface area contributed by atoms with Crippen LogP contribution in [-0.2, 0) is 24.4 Å². The summed E-state index contributed by atoms with van der Waals surface area (Å²) >= 11 is 0. The van der Waals surface area contributed by atoms with Crippen LogP contribution in [0, 0.1) is 13.8 Å². The van der Waals surface area contributed by atoms with Gasteiger partial charge in [-0.1, -0.05) is 60.7 Å². The summed E-state index contributed by atoms with van der Waals surface area (Å²) in [6.45, 7) is 4.72. The van der Waals surface area contributed by atoms with Gasteiger partial charge in [0, 0.05) is 11.1 Å². The average molecular weight is 471 g/mol. The summed E-state index contributed by atoms with van der Waals surface area (Å²) in [7, 11) is -8.93. The zero-order valence-corrected chi connectivity index (χ0v) is 19.4. The molecular weight excluding hydrogens is 448 g/mol. The summed E-state index contributed by atoms with van der Waals surface area (Å²) in [6.07, 6.45) is 0. The van der Waals surface area contributed by atoms with Crippen LogP contribution in [0.2, 0.25) is 0 Å². The van der Waals surface area contributed by atoms with Crippen molar-refractivity contribution in [3.05, 3.63) is 71.8 Å². The molecule has 0 aliphatic heterocycles. The van der Waals surface area contributed by atoms with Gasteiger partial charge in [0.05, 0.1) is 6.61 Å². The lowest BCUT2D eigenvalue weighted by atomic mass is 9.91. The van der Waals surface area contributed by atoms with E-state index in [4.69, 9.17) is 4.18 Å². The predicted molar refractivity (Wildman–Crippen MR) is 125 cm³/mol. The lowest BCUT2D eigenvalue weighted by molar-refractivity contribution is 0.338. The van der Waals surface area contributed by atoms with Crippen LogP contribution in [0.3, 0.4) is 0 Å². The van der Waals surface area contributed by atoms with Crippen molar-refractivity contribution in [1.82, 2.24) is 0 Å². The maximum absolute atomic E-state index is 13.2. The lowest BCUT2D eigenvalue weighted by Gasteiger charge is -2.21. The largest absolute Gasteiger partial charge is 0.297 e. The molecule has 4 aromatic carbocycles. The van der Waals surface area contributed by atoms with Crippen molar-refractivity contribution in [1.29, 1.82) is 0 Å². The number of hydrogen-bond acceptors (Lipinski definition) is 5. The first-order valence-electron chi connectivity index (χ1n) is 9.98. The molecule has 0 bridgehead atoms. The minimum absolute atomic E-state index is 0.0756. The van der Waals surface area contributed by atoms with Gasteiger partial charge >= 0.3 is 0 Å². The molecule has 166 valence electrons. The maximum atomic E-state index is 13.2. The van der Waals surface area contributed by atoms with Crippen LogP contribution >= 0.6 is 0 Å². The first kappa shape index (κ1) is 22.4. The quantitative estimate of drug-likeness (QED) is 0.316. The molecule has 6 nitrogen and oxygen atoms in total. The van der Waals surface area contributed by atoms with E-state index in [1.807, 2.05) is 24.3 Å². The van der Waals surface area contributed by atoms with Crippen molar-refractivity contribution < 1.29 is 25.6 Å². The highest BCUT2D eigenvalue weighted by Gasteiger charge is 2.31. The minimum Gasteiger partial charge on any atom is -0.282 e. The molecule has 1 N–H and O–H groups in total. The smallest absolute Gasteiger partial charge is 0.282 e. The van der Waals surface area contributed by atoms with Crippen LogP contribution in [-0.4, -0.2) is 28.0 Å². The molecular formula is C24H22O6S2. The summed E-state index contributed by atoms with van der Waals surface area (Å²) in [6, 6.07) is 17.6. The second-order valence-corrected chi connectivity index (χ2v) is 10.5. The van der Waals surface area contributed by atoms with Crippen molar-refractivity contribution in [2.75, 3.05) is 6.61 Å². The Balaban J connectivity index is 2.38. The standard InChI is InChI=1S/C24H22O6S2/c1-4-30-32(28,29)24-16(3)14-18-10-6-8-12-20(18)22(24)21-19-11-7-5-9-17(19)13-15(2)23(21)31(25,26)27/h5-14H,4H2,1-3H3,(H,25,26,27). The molecule has 0 saturated heterocycles. The van der Waals surface area contributed by atoms with E-state index in [2.05, 4.69) is 0 Å². The van der Waals surface area contributed by atoms with Crippen molar-refractivity contribution in [3.8, 4) is 11.1 Å². The molecule has 0 heterocycles. The summed E-state index contributed by atoms with van der Waals surface area (Å²) in [5.74, 6) is 0. The van der Waals surface area contributed by atoms with Gasteiger partial charge in [0.25, 0.3) is 20.2 Å². The Morgan fingerprint density at radius 2 is 1.19 bits per heavy atom. The Bertz CT molecular complexity index is 1590. The molecule has 0 radical (unpaired) electrons. The SMILES string of the molecule is CCOS(=O)(=O)c1c(C)cc2ccccc2c1-c1c(S(=O)(=O)O)c(C)cc2ccccc12. The van der Waals surface area contributed by atoms with Gasteiger partial charge in [-0.05, 0) is 53.4 Å². The number of rotatable bonds is 5. The van der Waals surface area contributed by atoms with Crippen LogP contribution < -0.4 is 0 Å². The zero-order valence-electron chi connectivity index (χ0n) is 17.8. The first-order valence-corrected chi connectivity index (χ1v) is 12.8. The third kappa shape index (κ3) is 3.69. The monoisotopic (exact) mass is 470 g/mol. The molecule has 8 heteroatoms. The van der Waals surface area contributed by atoms with Gasteiger partial charge in [0.15, 0.2) is 0 Å². The van der Waals surface area contributed by atoms with E-state index < -0.39 is 20.2 Å². The second-order valence-electron chi connectivity index (χ2n) is 7.57. The molecule has 0 spiro atoms. The van der Waals surface area contributed by atoms with Gasteiger partial charge in [0.2, 0.25) is 0 Å². The molecule has 0 saturated carbocycles. The summed E-state index contributed by atoms with van der Waals surface area (Å²) in [5, 5.41) is 2.51. The summed E-state index contributed by atoms with van der Waals surface area (Å²) in [5.41, 5.74) is 1.06. The fourth-order valence-electron chi connectivity index (χ4n) is 4.30. The van der Waals surface area contributed by atoms with E-state index >= 15 is 0 Å². The molecule has 0 unspecified atom stereocenters. The van der Waals surface area contributed by atoms with Crippen molar-refractivity contribution >= 4 is 41.8 Å². The van der Waals surface area contributed by atoms with Crippen molar-refractivity contribution in [2.45, 2.75) is 30.6 Å². The topological polar surface area (TPSA) is 97.7 Å². The number of fused-ring (bicyclic) bond motifs is 2. The highest BCUT2D eigenvalue weighted by Crippen LogP contribution is 2.45. The number of hydrogen-bond donors (Lipinski definition) is 1. The predicted octanol–water partition coefficient (Wildman–Crippen LogP) is 5.25. The third-order valence-electron chi connectivity index (χ3n) is 5.41. The molecule has 0 fully saturated rings. The zero-order chi connectivity index (χ0) is 23.3. The Hall–Kier alpha value is -2.78. The van der Waals surface area contributed by atoms with Gasteiger partial charge in [-0.2, -0.15) is 16.8 Å². The number of benzene rings is 4. The molecule has 0 atom stereocenters. The molecule has 0 aromatic heterocycles. The highest BCUT2D eigenvalue weighted by molar-refractivity contribution is 7.87. The van der Waals surface area contributed by atoms with E-state index in [-0.39, 0.29) is 27.5 Å². The molecule has 0 aliphatic carbocycles. The highest BCUT2D eigenvalue weighted by atomic mass is 32.2. The normalized spacial score (nSPS) is 12.5. The maximum Gasteiger partial charge on any atom is 0.297 e. The summed E-state index contributed by atoms with van der Waals surface area (Å²) < 4.78 is 67.0. The number of aryl methyl sites for hydroxylation is 2. The van der Waals surface area contributed by atoms with Gasteiger partial charge in [0.1, 0.15) is 9.79 Å². The molecule has 32 heavy (non-hydrogen) atoms. The molecule has 4 aromatic rings.